The summed E-state index contributed by atoms with van der Waals surface area (Å²) in [5, 5.41) is 16.6. The average Bonchev–Trinajstić information content (AvgIpc) is 2.17. The Balaban J connectivity index is 2.84. The van der Waals surface area contributed by atoms with E-state index in [2.05, 4.69) is 21.5 Å². The molecule has 0 aromatic carbocycles. The summed E-state index contributed by atoms with van der Waals surface area (Å²) in [5.74, 6) is 0. The van der Waals surface area contributed by atoms with Crippen molar-refractivity contribution < 1.29 is 9.84 Å². The molecule has 0 amide bonds. The van der Waals surface area contributed by atoms with Gasteiger partial charge in [-0.05, 0) is 18.2 Å². The molecule has 0 bridgehead atoms. The Morgan fingerprint density at radius 2 is 2.33 bits per heavy atom. The first kappa shape index (κ1) is 8.83. The van der Waals surface area contributed by atoms with Gasteiger partial charge in [-0.2, -0.15) is 5.10 Å². The number of hydrogen-bond donors (Lipinski definition) is 1. The van der Waals surface area contributed by atoms with Gasteiger partial charge in [0.15, 0.2) is 6.29 Å². The van der Waals surface area contributed by atoms with Crippen molar-refractivity contribution in [2.75, 3.05) is 7.11 Å². The fraction of sp³-hybridized carbons (Fsp3) is 0.250. The maximum atomic E-state index is 9.14. The van der Waals surface area contributed by atoms with Crippen molar-refractivity contribution in [2.24, 2.45) is 0 Å². The second kappa shape index (κ2) is 3.94. The lowest BCUT2D eigenvalue weighted by molar-refractivity contribution is -0.0804. The Kier molecular flexibility index (Phi) is 2.90. The van der Waals surface area contributed by atoms with Crippen LogP contribution in [0.3, 0.4) is 0 Å². The molecule has 0 saturated heterocycles. The lowest BCUT2D eigenvalue weighted by Crippen LogP contribution is -2.03. The number of methoxy groups -OCH3 is 1. The van der Waals surface area contributed by atoms with Crippen molar-refractivity contribution in [1.82, 2.24) is 10.2 Å². The van der Waals surface area contributed by atoms with Crippen LogP contribution in [0.2, 0.25) is 0 Å². The average molecular weight is 166 g/mol. The molecule has 0 spiro atoms. The standard InChI is InChI=1S/C8H10N2O2/c1-3-6-4-5-7(10-9-6)8(11)12-2/h3-5,8,11H,1H2,2H3. The lowest BCUT2D eigenvalue weighted by Gasteiger charge is -2.05. The van der Waals surface area contributed by atoms with Crippen molar-refractivity contribution in [3.63, 3.8) is 0 Å². The molecule has 0 aliphatic rings. The quantitative estimate of drug-likeness (QED) is 0.673. The van der Waals surface area contributed by atoms with Crippen LogP contribution in [0.4, 0.5) is 0 Å². The summed E-state index contributed by atoms with van der Waals surface area (Å²) >= 11 is 0. The first-order valence-electron chi connectivity index (χ1n) is 3.45. The minimum atomic E-state index is -1.00. The zero-order valence-electron chi connectivity index (χ0n) is 6.77. The predicted molar refractivity (Wildman–Crippen MR) is 44.1 cm³/mol. The van der Waals surface area contributed by atoms with Gasteiger partial charge in [0.2, 0.25) is 0 Å². The van der Waals surface area contributed by atoms with Gasteiger partial charge in [-0.15, -0.1) is 5.10 Å². The van der Waals surface area contributed by atoms with Crippen molar-refractivity contribution in [1.29, 1.82) is 0 Å². The van der Waals surface area contributed by atoms with Crippen LogP contribution in [-0.4, -0.2) is 22.4 Å². The van der Waals surface area contributed by atoms with Crippen LogP contribution >= 0.6 is 0 Å². The van der Waals surface area contributed by atoms with Crippen LogP contribution in [0.15, 0.2) is 18.7 Å². The Bertz CT molecular complexity index is 258. The second-order valence-electron chi connectivity index (χ2n) is 2.18. The van der Waals surface area contributed by atoms with E-state index >= 15 is 0 Å². The molecule has 1 N–H and O–H groups in total. The Hall–Kier alpha value is -1.26. The number of ether oxygens (including phenoxy) is 1. The van der Waals surface area contributed by atoms with Gasteiger partial charge in [0.1, 0.15) is 5.69 Å². The summed E-state index contributed by atoms with van der Waals surface area (Å²) in [6.45, 7) is 3.53. The molecule has 1 unspecified atom stereocenters. The van der Waals surface area contributed by atoms with Gasteiger partial charge in [0.25, 0.3) is 0 Å². The minimum absolute atomic E-state index is 0.392. The summed E-state index contributed by atoms with van der Waals surface area (Å²) in [6.07, 6.45) is 0.576. The maximum Gasteiger partial charge on any atom is 0.200 e. The summed E-state index contributed by atoms with van der Waals surface area (Å²) < 4.78 is 4.64. The Morgan fingerprint density at radius 3 is 2.75 bits per heavy atom. The molecule has 4 heteroatoms. The number of rotatable bonds is 3. The van der Waals surface area contributed by atoms with E-state index in [1.54, 1.807) is 18.2 Å². The molecule has 0 radical (unpaired) electrons. The number of aliphatic hydroxyl groups is 1. The molecule has 1 atom stereocenters. The molecule has 1 aromatic heterocycles. The van der Waals surface area contributed by atoms with Crippen LogP contribution in [0.5, 0.6) is 0 Å². The second-order valence-corrected chi connectivity index (χ2v) is 2.18. The fourth-order valence-electron chi connectivity index (χ4n) is 0.714. The largest absolute Gasteiger partial charge is 0.363 e. The number of aliphatic hydroxyl groups excluding tert-OH is 1. The zero-order valence-corrected chi connectivity index (χ0v) is 6.77. The molecule has 0 aliphatic carbocycles. The van der Waals surface area contributed by atoms with E-state index in [9.17, 15) is 0 Å². The number of nitrogens with zero attached hydrogens (tertiary/aromatic N) is 2. The van der Waals surface area contributed by atoms with Crippen LogP contribution in [0.25, 0.3) is 6.08 Å². The zero-order chi connectivity index (χ0) is 8.97. The molecule has 0 aliphatic heterocycles. The molecule has 1 aromatic rings. The smallest absolute Gasteiger partial charge is 0.200 e. The van der Waals surface area contributed by atoms with Crippen LogP contribution in [0.1, 0.15) is 17.7 Å². The van der Waals surface area contributed by atoms with Crippen molar-refractivity contribution in [3.05, 3.63) is 30.1 Å². The predicted octanol–water partition coefficient (Wildman–Crippen LogP) is 0.757. The number of hydrogen-bond acceptors (Lipinski definition) is 4. The van der Waals surface area contributed by atoms with Crippen molar-refractivity contribution in [2.45, 2.75) is 6.29 Å². The molecule has 1 rings (SSSR count). The van der Waals surface area contributed by atoms with E-state index < -0.39 is 6.29 Å². The molecule has 0 saturated carbocycles. The summed E-state index contributed by atoms with van der Waals surface area (Å²) in [5.41, 5.74) is 1.06. The third-order valence-corrected chi connectivity index (χ3v) is 1.39. The van der Waals surface area contributed by atoms with Crippen LogP contribution in [0, 0.1) is 0 Å². The van der Waals surface area contributed by atoms with Gasteiger partial charge in [0, 0.05) is 7.11 Å². The summed E-state index contributed by atoms with van der Waals surface area (Å²) in [6, 6.07) is 3.34. The lowest BCUT2D eigenvalue weighted by atomic mass is 10.3. The SMILES string of the molecule is C=Cc1ccc(C(O)OC)nn1. The fourth-order valence-corrected chi connectivity index (χ4v) is 0.714. The first-order valence-corrected chi connectivity index (χ1v) is 3.45. The van der Waals surface area contributed by atoms with Gasteiger partial charge < -0.3 is 9.84 Å². The van der Waals surface area contributed by atoms with Crippen LogP contribution in [-0.2, 0) is 4.74 Å². The third kappa shape index (κ3) is 1.87. The normalized spacial score (nSPS) is 12.5. The van der Waals surface area contributed by atoms with E-state index in [0.717, 1.165) is 0 Å². The van der Waals surface area contributed by atoms with Crippen LogP contribution < -0.4 is 0 Å². The van der Waals surface area contributed by atoms with E-state index in [1.807, 2.05) is 0 Å². The van der Waals surface area contributed by atoms with Gasteiger partial charge >= 0.3 is 0 Å². The van der Waals surface area contributed by atoms with Gasteiger partial charge in [-0.25, -0.2) is 0 Å². The van der Waals surface area contributed by atoms with Gasteiger partial charge in [-0.3, -0.25) is 0 Å². The van der Waals surface area contributed by atoms with Crippen molar-refractivity contribution in [3.8, 4) is 0 Å². The van der Waals surface area contributed by atoms with E-state index in [-0.39, 0.29) is 0 Å². The highest BCUT2D eigenvalue weighted by molar-refractivity contribution is 5.40. The summed E-state index contributed by atoms with van der Waals surface area (Å²) in [7, 11) is 1.40. The van der Waals surface area contributed by atoms with E-state index in [4.69, 9.17) is 5.11 Å². The summed E-state index contributed by atoms with van der Waals surface area (Å²) in [4.78, 5) is 0. The Labute approximate surface area is 70.5 Å². The highest BCUT2D eigenvalue weighted by Crippen LogP contribution is 2.08. The monoisotopic (exact) mass is 166 g/mol. The van der Waals surface area contributed by atoms with Crippen molar-refractivity contribution >= 4 is 6.08 Å². The molecular formula is C8H10N2O2. The minimum Gasteiger partial charge on any atom is -0.363 e. The van der Waals surface area contributed by atoms with Gasteiger partial charge in [0.05, 0.1) is 5.69 Å². The molecule has 4 nitrogen and oxygen atoms in total. The Morgan fingerprint density at radius 1 is 1.58 bits per heavy atom. The highest BCUT2D eigenvalue weighted by Gasteiger charge is 2.06. The number of aromatic nitrogens is 2. The molecule has 1 heterocycles. The van der Waals surface area contributed by atoms with Gasteiger partial charge in [-0.1, -0.05) is 6.58 Å². The third-order valence-electron chi connectivity index (χ3n) is 1.39. The molecule has 12 heavy (non-hydrogen) atoms. The van der Waals surface area contributed by atoms with E-state index in [0.29, 0.717) is 11.4 Å². The first-order chi connectivity index (χ1) is 5.77. The molecule has 0 fully saturated rings. The van der Waals surface area contributed by atoms with E-state index in [1.165, 1.54) is 7.11 Å². The molecular weight excluding hydrogens is 156 g/mol. The maximum absolute atomic E-state index is 9.14. The molecule has 64 valence electrons. The highest BCUT2D eigenvalue weighted by atomic mass is 16.6. The topological polar surface area (TPSA) is 55.2 Å².